The highest BCUT2D eigenvalue weighted by Gasteiger charge is 2.11. The van der Waals surface area contributed by atoms with Crippen LogP contribution in [0.3, 0.4) is 0 Å². The van der Waals surface area contributed by atoms with Gasteiger partial charge in [-0.1, -0.05) is 6.92 Å². The lowest BCUT2D eigenvalue weighted by Crippen LogP contribution is -2.18. The van der Waals surface area contributed by atoms with E-state index in [1.54, 1.807) is 11.3 Å². The monoisotopic (exact) mass is 280 g/mol. The first-order valence-electron chi connectivity index (χ1n) is 6.25. The third kappa shape index (κ3) is 3.52. The molecule has 2 N–H and O–H groups in total. The van der Waals surface area contributed by atoms with Gasteiger partial charge in [0, 0.05) is 23.2 Å². The maximum atomic E-state index is 13.1. The van der Waals surface area contributed by atoms with Crippen LogP contribution in [-0.4, -0.2) is 10.1 Å². The highest BCUT2D eigenvalue weighted by Crippen LogP contribution is 2.22. The Bertz CT molecular complexity index is 556. The molecule has 1 aromatic heterocycles. The fourth-order valence-corrected chi connectivity index (χ4v) is 2.62. The zero-order valence-corrected chi connectivity index (χ0v) is 11.8. The van der Waals surface area contributed by atoms with Crippen LogP contribution < -0.4 is 5.32 Å². The highest BCUT2D eigenvalue weighted by molar-refractivity contribution is 7.11. The van der Waals surface area contributed by atoms with Crippen molar-refractivity contribution in [2.45, 2.75) is 32.9 Å². The lowest BCUT2D eigenvalue weighted by molar-refractivity contribution is 0.457. The minimum atomic E-state index is -0.343. The second-order valence-corrected chi connectivity index (χ2v) is 5.54. The molecule has 0 radical (unpaired) electrons. The van der Waals surface area contributed by atoms with Crippen molar-refractivity contribution in [3.05, 3.63) is 45.7 Å². The van der Waals surface area contributed by atoms with Crippen LogP contribution in [0, 0.1) is 5.82 Å². The number of halogens is 1. The molecule has 0 fully saturated rings. The molecule has 1 atom stereocenters. The van der Waals surface area contributed by atoms with Crippen LogP contribution in [-0.2, 0) is 13.0 Å². The standard InChI is InChI=1S/C14H17FN2OS/c1-3-12-8-17-14(19-12)9(2)16-7-10-6-11(15)4-5-13(10)18/h4-6,8-9,16,18H,3,7H2,1-2H3. The van der Waals surface area contributed by atoms with Gasteiger partial charge in [0.05, 0.1) is 6.04 Å². The summed E-state index contributed by atoms with van der Waals surface area (Å²) in [5.74, 6) is -0.237. The zero-order chi connectivity index (χ0) is 13.8. The molecule has 0 aliphatic heterocycles. The van der Waals surface area contributed by atoms with Crippen molar-refractivity contribution in [3.8, 4) is 5.75 Å². The van der Waals surface area contributed by atoms with E-state index >= 15 is 0 Å². The van der Waals surface area contributed by atoms with E-state index in [9.17, 15) is 9.50 Å². The SMILES string of the molecule is CCc1cnc(C(C)NCc2cc(F)ccc2O)s1. The number of aromatic hydroxyl groups is 1. The van der Waals surface area contributed by atoms with Gasteiger partial charge in [0.1, 0.15) is 16.6 Å². The Morgan fingerprint density at radius 1 is 1.47 bits per heavy atom. The smallest absolute Gasteiger partial charge is 0.123 e. The van der Waals surface area contributed by atoms with Crippen molar-refractivity contribution in [2.24, 2.45) is 0 Å². The molecule has 5 heteroatoms. The van der Waals surface area contributed by atoms with Crippen LogP contribution >= 0.6 is 11.3 Å². The van der Waals surface area contributed by atoms with E-state index in [4.69, 9.17) is 0 Å². The van der Waals surface area contributed by atoms with Gasteiger partial charge in [-0.25, -0.2) is 9.37 Å². The van der Waals surface area contributed by atoms with Crippen molar-refractivity contribution in [3.63, 3.8) is 0 Å². The number of hydrogen-bond donors (Lipinski definition) is 2. The third-order valence-corrected chi connectivity index (χ3v) is 4.25. The predicted octanol–water partition coefficient (Wildman–Crippen LogP) is 3.40. The molecule has 0 bridgehead atoms. The Labute approximate surface area is 116 Å². The van der Waals surface area contributed by atoms with Crippen LogP contribution in [0.5, 0.6) is 5.75 Å². The second kappa shape index (κ2) is 6.12. The first-order valence-corrected chi connectivity index (χ1v) is 7.07. The molecular weight excluding hydrogens is 263 g/mol. The zero-order valence-electron chi connectivity index (χ0n) is 11.0. The van der Waals surface area contributed by atoms with Crippen LogP contribution in [0.2, 0.25) is 0 Å². The minimum absolute atomic E-state index is 0.0768. The Hall–Kier alpha value is -1.46. The maximum Gasteiger partial charge on any atom is 0.123 e. The number of rotatable bonds is 5. The van der Waals surface area contributed by atoms with Crippen LogP contribution in [0.25, 0.3) is 0 Å². The lowest BCUT2D eigenvalue weighted by Gasteiger charge is -2.12. The van der Waals surface area contributed by atoms with Crippen molar-refractivity contribution >= 4 is 11.3 Å². The fraction of sp³-hybridized carbons (Fsp3) is 0.357. The molecule has 1 heterocycles. The summed E-state index contributed by atoms with van der Waals surface area (Å²) >= 11 is 1.67. The number of phenols is 1. The molecular formula is C14H17FN2OS. The number of nitrogens with one attached hydrogen (secondary N) is 1. The highest BCUT2D eigenvalue weighted by atomic mass is 32.1. The molecule has 0 saturated heterocycles. The summed E-state index contributed by atoms with van der Waals surface area (Å²) in [4.78, 5) is 5.61. The van der Waals surface area contributed by atoms with Gasteiger partial charge >= 0.3 is 0 Å². The fourth-order valence-electron chi connectivity index (χ4n) is 1.73. The van der Waals surface area contributed by atoms with Crippen LogP contribution in [0.1, 0.15) is 35.3 Å². The third-order valence-electron chi connectivity index (χ3n) is 2.93. The second-order valence-electron chi connectivity index (χ2n) is 4.39. The van der Waals surface area contributed by atoms with Gasteiger partial charge in [0.15, 0.2) is 0 Å². The van der Waals surface area contributed by atoms with E-state index in [-0.39, 0.29) is 17.6 Å². The average molecular weight is 280 g/mol. The number of hydrogen-bond acceptors (Lipinski definition) is 4. The van der Waals surface area contributed by atoms with Gasteiger partial charge in [0.25, 0.3) is 0 Å². The first-order chi connectivity index (χ1) is 9.10. The van der Waals surface area contributed by atoms with Gasteiger partial charge in [-0.15, -0.1) is 11.3 Å². The lowest BCUT2D eigenvalue weighted by atomic mass is 10.2. The number of aryl methyl sites for hydroxylation is 1. The molecule has 1 unspecified atom stereocenters. The van der Waals surface area contributed by atoms with E-state index in [1.165, 1.54) is 23.1 Å². The molecule has 0 aliphatic rings. The predicted molar refractivity (Wildman–Crippen MR) is 74.8 cm³/mol. The average Bonchev–Trinajstić information content (AvgIpc) is 2.88. The van der Waals surface area contributed by atoms with Crippen molar-refractivity contribution in [2.75, 3.05) is 0 Å². The molecule has 102 valence electrons. The molecule has 3 nitrogen and oxygen atoms in total. The number of benzene rings is 1. The maximum absolute atomic E-state index is 13.1. The summed E-state index contributed by atoms with van der Waals surface area (Å²) < 4.78 is 13.1. The molecule has 2 rings (SSSR count). The van der Waals surface area contributed by atoms with Gasteiger partial charge in [0.2, 0.25) is 0 Å². The van der Waals surface area contributed by atoms with E-state index in [1.807, 2.05) is 13.1 Å². The Morgan fingerprint density at radius 3 is 2.95 bits per heavy atom. The van der Waals surface area contributed by atoms with Crippen molar-refractivity contribution in [1.82, 2.24) is 10.3 Å². The largest absolute Gasteiger partial charge is 0.508 e. The van der Waals surface area contributed by atoms with Crippen molar-refractivity contribution in [1.29, 1.82) is 0 Å². The van der Waals surface area contributed by atoms with E-state index in [0.717, 1.165) is 11.4 Å². The summed E-state index contributed by atoms with van der Waals surface area (Å²) in [6.07, 6.45) is 2.87. The molecule has 2 aromatic rings. The van der Waals surface area contributed by atoms with Gasteiger partial charge in [-0.2, -0.15) is 0 Å². The van der Waals surface area contributed by atoms with Crippen LogP contribution in [0.4, 0.5) is 4.39 Å². The number of aromatic nitrogens is 1. The number of nitrogens with zero attached hydrogens (tertiary/aromatic N) is 1. The molecule has 0 saturated carbocycles. The number of thiazole rings is 1. The van der Waals surface area contributed by atoms with Crippen molar-refractivity contribution < 1.29 is 9.50 Å². The molecule has 0 spiro atoms. The quantitative estimate of drug-likeness (QED) is 0.882. The molecule has 1 aromatic carbocycles. The van der Waals surface area contributed by atoms with Gasteiger partial charge < -0.3 is 10.4 Å². The summed E-state index contributed by atoms with van der Waals surface area (Å²) in [7, 11) is 0. The summed E-state index contributed by atoms with van der Waals surface area (Å²) in [5.41, 5.74) is 0.555. The summed E-state index contributed by atoms with van der Waals surface area (Å²) in [5, 5.41) is 13.9. The van der Waals surface area contributed by atoms with Gasteiger partial charge in [-0.3, -0.25) is 0 Å². The Balaban J connectivity index is 1.99. The molecule has 0 aliphatic carbocycles. The molecule has 0 amide bonds. The summed E-state index contributed by atoms with van der Waals surface area (Å²) in [6.45, 7) is 4.51. The van der Waals surface area contributed by atoms with Gasteiger partial charge in [-0.05, 0) is 31.5 Å². The van der Waals surface area contributed by atoms with E-state index in [2.05, 4.69) is 17.2 Å². The van der Waals surface area contributed by atoms with E-state index < -0.39 is 0 Å². The molecule has 19 heavy (non-hydrogen) atoms. The van der Waals surface area contributed by atoms with Crippen LogP contribution in [0.15, 0.2) is 24.4 Å². The Morgan fingerprint density at radius 2 is 2.26 bits per heavy atom. The van der Waals surface area contributed by atoms with E-state index in [0.29, 0.717) is 12.1 Å². The normalized spacial score (nSPS) is 12.6. The first kappa shape index (κ1) is 14.0. The summed E-state index contributed by atoms with van der Waals surface area (Å²) in [6, 6.07) is 4.04. The number of phenolic OH excluding ortho intramolecular Hbond substituents is 1. The minimum Gasteiger partial charge on any atom is -0.508 e. The topological polar surface area (TPSA) is 45.2 Å². The Kier molecular flexibility index (Phi) is 4.50.